The smallest absolute Gasteiger partial charge is 0.261 e. The van der Waals surface area contributed by atoms with Gasteiger partial charge in [-0.1, -0.05) is 30.3 Å². The summed E-state index contributed by atoms with van der Waals surface area (Å²) in [6, 6.07) is 22.9. The van der Waals surface area contributed by atoms with Crippen LogP contribution in [-0.2, 0) is 6.61 Å². The molecule has 8 heteroatoms. The number of fused-ring (bicyclic) bond motifs is 2. The largest absolute Gasteiger partial charge is 0.436 e. The standard InChI is InChI=1S/C31H24N4O3S/c1-18-12-24(28-27(13-18)39-17-33-28)20-8-10-23(11-9-20)35-31-26(30(37)34-22-6-4-3-5-7-22)14-25-21(16-36)15-32-19(2)29(25)38-31/h3-15,17,36H,16H2,1-2H3,(H,34,37). The molecular formula is C31H24N4O3S. The molecule has 0 bridgehead atoms. The first-order valence-electron chi connectivity index (χ1n) is 12.4. The van der Waals surface area contributed by atoms with Crippen molar-refractivity contribution in [3.63, 3.8) is 0 Å². The molecule has 3 aromatic heterocycles. The molecule has 0 spiro atoms. The van der Waals surface area contributed by atoms with Crippen molar-refractivity contribution in [1.29, 1.82) is 0 Å². The van der Waals surface area contributed by atoms with Gasteiger partial charge in [0.05, 0.1) is 33.7 Å². The van der Waals surface area contributed by atoms with Crippen molar-refractivity contribution in [2.24, 2.45) is 4.99 Å². The number of rotatable bonds is 5. The molecule has 1 amide bonds. The Kier molecular flexibility index (Phi) is 6.48. The molecule has 0 saturated heterocycles. The molecule has 2 N–H and O–H groups in total. The number of aryl methyl sites for hydroxylation is 2. The number of carbonyl (C=O) groups excluding carboxylic acids is 1. The predicted molar refractivity (Wildman–Crippen MR) is 154 cm³/mol. The maximum Gasteiger partial charge on any atom is 0.261 e. The molecule has 0 saturated carbocycles. The number of anilines is 1. The summed E-state index contributed by atoms with van der Waals surface area (Å²) in [5.74, 6) is -0.369. The van der Waals surface area contributed by atoms with E-state index in [1.165, 1.54) is 5.56 Å². The van der Waals surface area contributed by atoms with Crippen molar-refractivity contribution >= 4 is 49.8 Å². The number of hydrogen-bond donors (Lipinski definition) is 2. The Morgan fingerprint density at radius 3 is 2.59 bits per heavy atom. The summed E-state index contributed by atoms with van der Waals surface area (Å²) in [4.78, 5) is 27.0. The van der Waals surface area contributed by atoms with Gasteiger partial charge in [0.1, 0.15) is 5.56 Å². The molecule has 0 aliphatic rings. The molecule has 39 heavy (non-hydrogen) atoms. The van der Waals surface area contributed by atoms with Gasteiger partial charge in [-0.2, -0.15) is 0 Å². The van der Waals surface area contributed by atoms with Crippen molar-refractivity contribution in [2.75, 3.05) is 5.32 Å². The Hall–Kier alpha value is -4.66. The topological polar surface area (TPSA) is 101 Å². The van der Waals surface area contributed by atoms with Crippen LogP contribution in [0, 0.1) is 13.8 Å². The van der Waals surface area contributed by atoms with Gasteiger partial charge in [0.15, 0.2) is 5.58 Å². The minimum Gasteiger partial charge on any atom is -0.436 e. The molecule has 0 atom stereocenters. The number of benzene rings is 3. The van der Waals surface area contributed by atoms with Crippen LogP contribution >= 0.6 is 11.3 Å². The maximum absolute atomic E-state index is 13.4. The fourth-order valence-electron chi connectivity index (χ4n) is 4.54. The third-order valence-corrected chi connectivity index (χ3v) is 7.26. The molecule has 192 valence electrons. The van der Waals surface area contributed by atoms with E-state index in [-0.39, 0.29) is 23.6 Å². The van der Waals surface area contributed by atoms with Crippen molar-refractivity contribution in [2.45, 2.75) is 20.5 Å². The number of pyridine rings is 1. The Morgan fingerprint density at radius 1 is 1.03 bits per heavy atom. The lowest BCUT2D eigenvalue weighted by atomic mass is 10.0. The van der Waals surface area contributed by atoms with E-state index >= 15 is 0 Å². The summed E-state index contributed by atoms with van der Waals surface area (Å²) >= 11 is 1.62. The number of thiazole rings is 1. The number of carbonyl (C=O) groups is 1. The summed E-state index contributed by atoms with van der Waals surface area (Å²) in [6.45, 7) is 3.66. The lowest BCUT2D eigenvalue weighted by molar-refractivity contribution is 0.102. The van der Waals surface area contributed by atoms with Crippen LogP contribution in [0.2, 0.25) is 0 Å². The fraction of sp³-hybridized carbons (Fsp3) is 0.0968. The number of amides is 1. The van der Waals surface area contributed by atoms with Crippen LogP contribution in [0.15, 0.2) is 93.9 Å². The second-order valence-electron chi connectivity index (χ2n) is 9.23. The van der Waals surface area contributed by atoms with E-state index in [1.807, 2.05) is 67.0 Å². The number of aliphatic hydroxyl groups is 1. The van der Waals surface area contributed by atoms with E-state index in [0.717, 1.165) is 21.3 Å². The first kappa shape index (κ1) is 24.7. The molecular weight excluding hydrogens is 508 g/mol. The van der Waals surface area contributed by atoms with Gasteiger partial charge < -0.3 is 14.8 Å². The molecule has 3 heterocycles. The van der Waals surface area contributed by atoms with Crippen LogP contribution < -0.4 is 10.9 Å². The summed E-state index contributed by atoms with van der Waals surface area (Å²) < 4.78 is 7.34. The normalized spacial score (nSPS) is 11.8. The Labute approximate surface area is 228 Å². The fourth-order valence-corrected chi connectivity index (χ4v) is 5.34. The van der Waals surface area contributed by atoms with Crippen LogP contribution in [0.1, 0.15) is 27.2 Å². The minimum absolute atomic E-state index is 0.154. The summed E-state index contributed by atoms with van der Waals surface area (Å²) in [5, 5.41) is 13.4. The van der Waals surface area contributed by atoms with E-state index in [0.29, 0.717) is 33.6 Å². The number of aromatic nitrogens is 2. The Morgan fingerprint density at radius 2 is 1.82 bits per heavy atom. The molecule has 7 nitrogen and oxygen atoms in total. The van der Waals surface area contributed by atoms with Crippen LogP contribution in [0.5, 0.6) is 0 Å². The van der Waals surface area contributed by atoms with E-state index in [1.54, 1.807) is 23.6 Å². The van der Waals surface area contributed by atoms with Gasteiger partial charge in [0.2, 0.25) is 5.55 Å². The van der Waals surface area contributed by atoms with Gasteiger partial charge >= 0.3 is 0 Å². The molecule has 0 radical (unpaired) electrons. The molecule has 0 fully saturated rings. The predicted octanol–water partition coefficient (Wildman–Crippen LogP) is 6.70. The monoisotopic (exact) mass is 532 g/mol. The minimum atomic E-state index is -0.369. The summed E-state index contributed by atoms with van der Waals surface area (Å²) in [7, 11) is 0. The SMILES string of the molecule is Cc1cc(-c2ccc(N=c3oc4c(C)ncc(CO)c4cc3C(=O)Nc3ccccc3)cc2)c2ncsc2c1. The number of hydrogen-bond acceptors (Lipinski definition) is 7. The highest BCUT2D eigenvalue weighted by Crippen LogP contribution is 2.32. The average molecular weight is 533 g/mol. The van der Waals surface area contributed by atoms with Crippen molar-refractivity contribution in [3.8, 4) is 11.1 Å². The van der Waals surface area contributed by atoms with Gasteiger partial charge in [0.25, 0.3) is 5.91 Å². The maximum atomic E-state index is 13.4. The van der Waals surface area contributed by atoms with E-state index < -0.39 is 0 Å². The molecule has 0 unspecified atom stereocenters. The molecule has 0 aliphatic carbocycles. The Bertz CT molecular complexity index is 1910. The number of nitrogens with zero attached hydrogens (tertiary/aromatic N) is 3. The zero-order valence-electron chi connectivity index (χ0n) is 21.3. The highest BCUT2D eigenvalue weighted by atomic mass is 32.1. The van der Waals surface area contributed by atoms with E-state index in [9.17, 15) is 9.90 Å². The van der Waals surface area contributed by atoms with Gasteiger partial charge in [-0.3, -0.25) is 9.78 Å². The van der Waals surface area contributed by atoms with Crippen LogP contribution in [-0.4, -0.2) is 21.0 Å². The van der Waals surface area contributed by atoms with Crippen LogP contribution in [0.4, 0.5) is 11.4 Å². The van der Waals surface area contributed by atoms with Crippen molar-refractivity contribution in [1.82, 2.24) is 9.97 Å². The second kappa shape index (κ2) is 10.2. The van der Waals surface area contributed by atoms with Crippen LogP contribution in [0.25, 0.3) is 32.3 Å². The molecule has 3 aromatic carbocycles. The van der Waals surface area contributed by atoms with Gasteiger partial charge in [0, 0.05) is 28.4 Å². The average Bonchev–Trinajstić information content (AvgIpc) is 3.42. The van der Waals surface area contributed by atoms with Crippen molar-refractivity contribution < 1.29 is 14.3 Å². The lowest BCUT2D eigenvalue weighted by Crippen LogP contribution is -2.22. The summed E-state index contributed by atoms with van der Waals surface area (Å²) in [5.41, 5.74) is 9.45. The van der Waals surface area contributed by atoms with Crippen LogP contribution in [0.3, 0.4) is 0 Å². The zero-order chi connectivity index (χ0) is 26.9. The highest BCUT2D eigenvalue weighted by molar-refractivity contribution is 7.16. The van der Waals surface area contributed by atoms with Gasteiger partial charge in [-0.15, -0.1) is 11.3 Å². The highest BCUT2D eigenvalue weighted by Gasteiger charge is 2.17. The number of aliphatic hydroxyl groups excluding tert-OH is 1. The number of para-hydroxylation sites is 1. The molecule has 6 rings (SSSR count). The number of nitrogens with one attached hydrogen (secondary N) is 1. The van der Waals surface area contributed by atoms with E-state index in [2.05, 4.69) is 34.3 Å². The second-order valence-corrected chi connectivity index (χ2v) is 10.1. The molecule has 6 aromatic rings. The van der Waals surface area contributed by atoms with E-state index in [4.69, 9.17) is 9.41 Å². The quantitative estimate of drug-likeness (QED) is 0.257. The first-order chi connectivity index (χ1) is 19.0. The first-order valence-corrected chi connectivity index (χ1v) is 13.3. The zero-order valence-corrected chi connectivity index (χ0v) is 22.1. The van der Waals surface area contributed by atoms with Gasteiger partial charge in [-0.05, 0) is 67.4 Å². The van der Waals surface area contributed by atoms with Crippen molar-refractivity contribution in [3.05, 3.63) is 112 Å². The van der Waals surface area contributed by atoms with Gasteiger partial charge in [-0.25, -0.2) is 9.98 Å². The lowest BCUT2D eigenvalue weighted by Gasteiger charge is -2.10. The third kappa shape index (κ3) is 4.83. The summed E-state index contributed by atoms with van der Waals surface area (Å²) in [6.07, 6.45) is 1.59. The molecule has 0 aliphatic heterocycles. The Balaban J connectivity index is 1.47. The third-order valence-electron chi connectivity index (χ3n) is 6.49.